The van der Waals surface area contributed by atoms with Gasteiger partial charge in [0.15, 0.2) is 0 Å². The van der Waals surface area contributed by atoms with E-state index in [9.17, 15) is 9.18 Å². The molecule has 0 aliphatic carbocycles. The summed E-state index contributed by atoms with van der Waals surface area (Å²) in [4.78, 5) is 14.9. The average Bonchev–Trinajstić information content (AvgIpc) is 2.63. The first-order valence-electron chi connectivity index (χ1n) is 8.57. The Labute approximate surface area is 152 Å². The maximum atomic E-state index is 13.9. The highest BCUT2D eigenvalue weighted by atomic mass is 35.5. The third-order valence-electron chi connectivity index (χ3n) is 4.70. The van der Waals surface area contributed by atoms with Crippen molar-refractivity contribution in [3.63, 3.8) is 0 Å². The van der Waals surface area contributed by atoms with Gasteiger partial charge in [-0.3, -0.25) is 4.79 Å². The van der Waals surface area contributed by atoms with Crippen molar-refractivity contribution >= 4 is 17.5 Å². The minimum Gasteiger partial charge on any atom is -0.333 e. The van der Waals surface area contributed by atoms with Gasteiger partial charge in [-0.1, -0.05) is 54.9 Å². The summed E-state index contributed by atoms with van der Waals surface area (Å²) in [6.07, 6.45) is 0.394. The second-order valence-electron chi connectivity index (χ2n) is 6.47. The van der Waals surface area contributed by atoms with E-state index in [-0.39, 0.29) is 23.7 Å². The minimum atomic E-state index is -0.292. The second-order valence-corrected chi connectivity index (χ2v) is 6.88. The summed E-state index contributed by atoms with van der Waals surface area (Å²) in [7, 11) is 0. The molecule has 0 bridgehead atoms. The van der Waals surface area contributed by atoms with Crippen LogP contribution in [0.2, 0.25) is 5.02 Å². The summed E-state index contributed by atoms with van der Waals surface area (Å²) < 4.78 is 13.9. The predicted molar refractivity (Wildman–Crippen MR) is 98.0 cm³/mol. The molecule has 0 radical (unpaired) electrons. The maximum Gasteiger partial charge on any atom is 0.226 e. The van der Waals surface area contributed by atoms with E-state index >= 15 is 0 Å². The molecule has 1 amide bonds. The van der Waals surface area contributed by atoms with Crippen LogP contribution in [0, 0.1) is 11.7 Å². The predicted octanol–water partition coefficient (Wildman–Crippen LogP) is 3.83. The second kappa shape index (κ2) is 7.98. The molecule has 132 valence electrons. The van der Waals surface area contributed by atoms with Crippen molar-refractivity contribution in [2.75, 3.05) is 19.6 Å². The van der Waals surface area contributed by atoms with Crippen LogP contribution in [0.1, 0.15) is 24.1 Å². The molecule has 1 saturated heterocycles. The molecule has 5 heteroatoms. The van der Waals surface area contributed by atoms with Crippen molar-refractivity contribution in [3.8, 4) is 0 Å². The molecule has 1 heterocycles. The van der Waals surface area contributed by atoms with Gasteiger partial charge in [0.25, 0.3) is 0 Å². The number of nitrogens with zero attached hydrogens (tertiary/aromatic N) is 1. The fraction of sp³-hybridized carbons (Fsp3) is 0.350. The summed E-state index contributed by atoms with van der Waals surface area (Å²) in [6.45, 7) is 3.90. The van der Waals surface area contributed by atoms with Crippen LogP contribution in [0.5, 0.6) is 0 Å². The third kappa shape index (κ3) is 4.02. The fourth-order valence-electron chi connectivity index (χ4n) is 3.36. The number of halogens is 2. The molecule has 1 N–H and O–H groups in total. The highest BCUT2D eigenvalue weighted by molar-refractivity contribution is 6.31. The van der Waals surface area contributed by atoms with E-state index in [0.717, 1.165) is 12.1 Å². The lowest BCUT2D eigenvalue weighted by molar-refractivity contribution is -0.138. The van der Waals surface area contributed by atoms with Crippen LogP contribution >= 0.6 is 11.6 Å². The Kier molecular flexibility index (Phi) is 5.71. The summed E-state index contributed by atoms with van der Waals surface area (Å²) >= 11 is 6.34. The van der Waals surface area contributed by atoms with Gasteiger partial charge in [-0.2, -0.15) is 0 Å². The topological polar surface area (TPSA) is 32.3 Å². The molecule has 1 aliphatic heterocycles. The van der Waals surface area contributed by atoms with Crippen molar-refractivity contribution in [3.05, 3.63) is 70.5 Å². The lowest BCUT2D eigenvalue weighted by Gasteiger charge is -2.38. The van der Waals surface area contributed by atoms with Crippen molar-refractivity contribution in [2.45, 2.75) is 19.4 Å². The van der Waals surface area contributed by atoms with E-state index < -0.39 is 0 Å². The van der Waals surface area contributed by atoms with Crippen LogP contribution in [0.4, 0.5) is 4.39 Å². The third-order valence-corrected chi connectivity index (χ3v) is 5.04. The SMILES string of the molecule is CC(Cc1ccccc1F)C(=O)N1CCNCC1c1ccccc1Cl. The number of hydrogen-bond acceptors (Lipinski definition) is 2. The summed E-state index contributed by atoms with van der Waals surface area (Å²) in [5.41, 5.74) is 1.52. The zero-order valence-corrected chi connectivity index (χ0v) is 15.0. The average molecular weight is 361 g/mol. The molecule has 3 rings (SSSR count). The highest BCUT2D eigenvalue weighted by Crippen LogP contribution is 2.30. The van der Waals surface area contributed by atoms with Crippen LogP contribution in [-0.2, 0) is 11.2 Å². The molecular weight excluding hydrogens is 339 g/mol. The molecular formula is C20H22ClFN2O. The molecule has 0 saturated carbocycles. The number of carbonyl (C=O) groups excluding carboxylic acids is 1. The first-order valence-corrected chi connectivity index (χ1v) is 8.94. The monoisotopic (exact) mass is 360 g/mol. The van der Waals surface area contributed by atoms with Crippen molar-refractivity contribution in [1.29, 1.82) is 0 Å². The molecule has 1 fully saturated rings. The van der Waals surface area contributed by atoms with Gasteiger partial charge in [-0.25, -0.2) is 4.39 Å². The Morgan fingerprint density at radius 1 is 1.28 bits per heavy atom. The van der Waals surface area contributed by atoms with Crippen LogP contribution in [-0.4, -0.2) is 30.4 Å². The zero-order valence-electron chi connectivity index (χ0n) is 14.2. The van der Waals surface area contributed by atoms with Gasteiger partial charge in [0.2, 0.25) is 5.91 Å². The Hall–Kier alpha value is -1.91. The number of amides is 1. The molecule has 3 nitrogen and oxygen atoms in total. The van der Waals surface area contributed by atoms with E-state index in [1.807, 2.05) is 36.1 Å². The van der Waals surface area contributed by atoms with Gasteiger partial charge < -0.3 is 10.2 Å². The quantitative estimate of drug-likeness (QED) is 0.898. The van der Waals surface area contributed by atoms with E-state index in [2.05, 4.69) is 5.32 Å². The molecule has 2 atom stereocenters. The number of nitrogens with one attached hydrogen (secondary N) is 1. The van der Waals surface area contributed by atoms with Gasteiger partial charge in [-0.15, -0.1) is 0 Å². The summed E-state index contributed by atoms with van der Waals surface area (Å²) in [5.74, 6) is -0.514. The van der Waals surface area contributed by atoms with Gasteiger partial charge in [-0.05, 0) is 29.7 Å². The summed E-state index contributed by atoms with van der Waals surface area (Å²) in [6, 6.07) is 14.2. The molecule has 2 unspecified atom stereocenters. The van der Waals surface area contributed by atoms with E-state index in [4.69, 9.17) is 11.6 Å². The molecule has 2 aromatic rings. The number of hydrogen-bond donors (Lipinski definition) is 1. The number of rotatable bonds is 4. The fourth-order valence-corrected chi connectivity index (χ4v) is 3.62. The number of piperazine rings is 1. The molecule has 0 aromatic heterocycles. The van der Waals surface area contributed by atoms with Crippen molar-refractivity contribution < 1.29 is 9.18 Å². The van der Waals surface area contributed by atoms with Crippen molar-refractivity contribution in [2.24, 2.45) is 5.92 Å². The number of benzene rings is 2. The zero-order chi connectivity index (χ0) is 17.8. The van der Waals surface area contributed by atoms with Crippen LogP contribution in [0.3, 0.4) is 0 Å². The van der Waals surface area contributed by atoms with Crippen molar-refractivity contribution in [1.82, 2.24) is 10.2 Å². The molecule has 25 heavy (non-hydrogen) atoms. The number of carbonyl (C=O) groups is 1. The largest absolute Gasteiger partial charge is 0.333 e. The Morgan fingerprint density at radius 3 is 2.76 bits per heavy atom. The standard InChI is InChI=1S/C20H22ClFN2O/c1-14(12-15-6-2-5-9-18(15)22)20(25)24-11-10-23-13-19(24)16-7-3-4-8-17(16)21/h2-9,14,19,23H,10-13H2,1H3. The molecule has 2 aromatic carbocycles. The Morgan fingerprint density at radius 2 is 2.00 bits per heavy atom. The van der Waals surface area contributed by atoms with E-state index in [0.29, 0.717) is 30.1 Å². The first kappa shape index (κ1) is 17.9. The smallest absolute Gasteiger partial charge is 0.226 e. The lowest BCUT2D eigenvalue weighted by Crippen LogP contribution is -2.50. The van der Waals surface area contributed by atoms with Crippen LogP contribution in [0.15, 0.2) is 48.5 Å². The molecule has 0 spiro atoms. The first-order chi connectivity index (χ1) is 12.1. The maximum absolute atomic E-state index is 13.9. The Balaban J connectivity index is 1.79. The van der Waals surface area contributed by atoms with Gasteiger partial charge in [0.05, 0.1) is 6.04 Å². The normalized spacial score (nSPS) is 18.8. The van der Waals surface area contributed by atoms with Gasteiger partial charge in [0, 0.05) is 30.6 Å². The van der Waals surface area contributed by atoms with E-state index in [1.54, 1.807) is 18.2 Å². The summed E-state index contributed by atoms with van der Waals surface area (Å²) in [5, 5.41) is 3.99. The van der Waals surface area contributed by atoms with Crippen LogP contribution < -0.4 is 5.32 Å². The minimum absolute atomic E-state index is 0.0367. The highest BCUT2D eigenvalue weighted by Gasteiger charge is 2.31. The van der Waals surface area contributed by atoms with Gasteiger partial charge in [0.1, 0.15) is 5.82 Å². The lowest BCUT2D eigenvalue weighted by atomic mass is 9.96. The van der Waals surface area contributed by atoms with Gasteiger partial charge >= 0.3 is 0 Å². The molecule has 1 aliphatic rings. The van der Waals surface area contributed by atoms with E-state index in [1.165, 1.54) is 6.07 Å². The van der Waals surface area contributed by atoms with Crippen LogP contribution in [0.25, 0.3) is 0 Å². The Bertz CT molecular complexity index is 752.